The summed E-state index contributed by atoms with van der Waals surface area (Å²) in [4.78, 5) is 13.7. The van der Waals surface area contributed by atoms with E-state index in [0.29, 0.717) is 37.4 Å². The number of sulfonamides is 1. The third-order valence-corrected chi connectivity index (χ3v) is 8.92. The van der Waals surface area contributed by atoms with Crippen molar-refractivity contribution in [3.05, 3.63) is 53.6 Å². The first-order valence-electron chi connectivity index (χ1n) is 11.1. The van der Waals surface area contributed by atoms with Crippen molar-refractivity contribution in [2.45, 2.75) is 54.6 Å². The second-order valence-corrected chi connectivity index (χ2v) is 11.1. The minimum Gasteiger partial charge on any atom is -0.508 e. The number of aliphatic hydroxyl groups excluding tert-OH is 1. The number of amides is 1. The van der Waals surface area contributed by atoms with Crippen LogP contribution in [-0.4, -0.2) is 66.5 Å². The number of allylic oxidation sites excluding steroid dienone is 3. The first-order chi connectivity index (χ1) is 15.3. The fourth-order valence-corrected chi connectivity index (χ4v) is 6.34. The molecule has 2 heterocycles. The highest BCUT2D eigenvalue weighted by molar-refractivity contribution is 7.89. The molecule has 2 saturated heterocycles. The molecule has 3 fully saturated rings. The van der Waals surface area contributed by atoms with Crippen molar-refractivity contribution in [2.24, 2.45) is 0 Å². The number of carbonyl (C=O) groups excluding carboxylic acids is 1. The van der Waals surface area contributed by atoms with E-state index >= 15 is 0 Å². The molecule has 1 saturated carbocycles. The second kappa shape index (κ2) is 7.97. The summed E-state index contributed by atoms with van der Waals surface area (Å²) in [6, 6.07) is 4.54. The van der Waals surface area contributed by atoms with Crippen LogP contribution in [0.1, 0.15) is 43.6 Å². The normalized spacial score (nSPS) is 26.4. The highest BCUT2D eigenvalue weighted by atomic mass is 32.2. The SMILES string of the molecule is O=C1COC2(CCN(S(=O)(=O)c3ccc(C4C=CC(O)=CC4)cc3F)CC2)CN1C1CC1. The third-order valence-electron chi connectivity index (χ3n) is 6.98. The first-order valence-corrected chi connectivity index (χ1v) is 12.5. The number of ether oxygens (including phenoxy) is 1. The maximum Gasteiger partial charge on any atom is 0.248 e. The van der Waals surface area contributed by atoms with Crippen molar-refractivity contribution in [1.82, 2.24) is 9.21 Å². The quantitative estimate of drug-likeness (QED) is 0.744. The molecule has 172 valence electrons. The van der Waals surface area contributed by atoms with E-state index < -0.39 is 21.4 Å². The van der Waals surface area contributed by atoms with E-state index in [1.807, 2.05) is 4.90 Å². The number of aliphatic hydroxyl groups is 1. The second-order valence-electron chi connectivity index (χ2n) is 9.15. The Bertz CT molecular complexity index is 1090. The lowest BCUT2D eigenvalue weighted by molar-refractivity contribution is -0.170. The van der Waals surface area contributed by atoms with Gasteiger partial charge in [0.2, 0.25) is 15.9 Å². The predicted molar refractivity (Wildman–Crippen MR) is 115 cm³/mol. The molecule has 1 aromatic rings. The predicted octanol–water partition coefficient (Wildman–Crippen LogP) is 2.86. The van der Waals surface area contributed by atoms with E-state index in [-0.39, 0.29) is 42.2 Å². The Morgan fingerprint density at radius 1 is 1.19 bits per heavy atom. The lowest BCUT2D eigenvalue weighted by Gasteiger charge is -2.46. The molecule has 1 unspecified atom stereocenters. The number of piperidine rings is 1. The van der Waals surface area contributed by atoms with Crippen LogP contribution >= 0.6 is 0 Å². The summed E-state index contributed by atoms with van der Waals surface area (Å²) in [6.45, 7) is 1.01. The van der Waals surface area contributed by atoms with Gasteiger partial charge in [-0.25, -0.2) is 12.8 Å². The number of carbonyl (C=O) groups is 1. The van der Waals surface area contributed by atoms with Crippen molar-refractivity contribution in [3.63, 3.8) is 0 Å². The van der Waals surface area contributed by atoms with E-state index in [0.717, 1.165) is 12.8 Å². The highest BCUT2D eigenvalue weighted by Gasteiger charge is 2.47. The van der Waals surface area contributed by atoms with Gasteiger partial charge in [0.15, 0.2) is 0 Å². The Labute approximate surface area is 187 Å². The third kappa shape index (κ3) is 3.97. The molecule has 0 aromatic heterocycles. The number of hydrogen-bond acceptors (Lipinski definition) is 5. The lowest BCUT2D eigenvalue weighted by Crippen LogP contribution is -2.59. The maximum atomic E-state index is 14.9. The summed E-state index contributed by atoms with van der Waals surface area (Å²) in [7, 11) is -3.98. The van der Waals surface area contributed by atoms with Gasteiger partial charge in [0.05, 0.1) is 12.1 Å². The van der Waals surface area contributed by atoms with Crippen molar-refractivity contribution in [3.8, 4) is 0 Å². The molecule has 32 heavy (non-hydrogen) atoms. The molecule has 1 N–H and O–H groups in total. The minimum atomic E-state index is -3.98. The van der Waals surface area contributed by atoms with E-state index in [9.17, 15) is 22.7 Å². The first kappa shape index (κ1) is 21.6. The number of rotatable bonds is 4. The van der Waals surface area contributed by atoms with Crippen LogP contribution in [0.4, 0.5) is 4.39 Å². The topological polar surface area (TPSA) is 87.1 Å². The van der Waals surface area contributed by atoms with Gasteiger partial charge in [-0.05, 0) is 62.0 Å². The Hall–Kier alpha value is -2.23. The van der Waals surface area contributed by atoms with Gasteiger partial charge in [-0.2, -0.15) is 4.31 Å². The Kier molecular flexibility index (Phi) is 5.38. The molecule has 1 atom stereocenters. The van der Waals surface area contributed by atoms with E-state index in [1.54, 1.807) is 24.3 Å². The van der Waals surface area contributed by atoms with Crippen LogP contribution in [-0.2, 0) is 19.6 Å². The van der Waals surface area contributed by atoms with Crippen LogP contribution in [0.5, 0.6) is 0 Å². The van der Waals surface area contributed by atoms with Gasteiger partial charge >= 0.3 is 0 Å². The summed E-state index contributed by atoms with van der Waals surface area (Å²) in [6.07, 6.45) is 8.52. The van der Waals surface area contributed by atoms with E-state index in [1.165, 1.54) is 16.4 Å². The van der Waals surface area contributed by atoms with Crippen molar-refractivity contribution >= 4 is 15.9 Å². The number of benzene rings is 1. The molecule has 4 aliphatic rings. The summed E-state index contributed by atoms with van der Waals surface area (Å²) in [5, 5.41) is 9.46. The highest BCUT2D eigenvalue weighted by Crippen LogP contribution is 2.37. The van der Waals surface area contributed by atoms with Gasteiger partial charge in [-0.3, -0.25) is 4.79 Å². The number of hydrogen-bond donors (Lipinski definition) is 1. The zero-order valence-electron chi connectivity index (χ0n) is 17.7. The van der Waals surface area contributed by atoms with Crippen molar-refractivity contribution < 1.29 is 27.4 Å². The zero-order chi connectivity index (χ0) is 22.5. The number of morpholine rings is 1. The molecule has 2 aliphatic heterocycles. The fourth-order valence-electron chi connectivity index (χ4n) is 4.85. The van der Waals surface area contributed by atoms with Crippen LogP contribution in [0.3, 0.4) is 0 Å². The van der Waals surface area contributed by atoms with Crippen molar-refractivity contribution in [1.29, 1.82) is 0 Å². The largest absolute Gasteiger partial charge is 0.508 e. The standard InChI is InChI=1S/C23H27FN2O5S/c24-20-13-17(16-1-6-19(27)7-2-16)3-8-21(20)32(29,30)25-11-9-23(10-12-25)15-26(18-4-5-18)22(28)14-31-23/h1,3,6-8,13,16,18,27H,2,4-5,9-12,14-15H2. The minimum absolute atomic E-state index is 0.00820. The molecular formula is C23H27FN2O5S. The lowest BCUT2D eigenvalue weighted by atomic mass is 9.90. The maximum absolute atomic E-state index is 14.9. The smallest absolute Gasteiger partial charge is 0.248 e. The van der Waals surface area contributed by atoms with Gasteiger partial charge in [-0.1, -0.05) is 12.1 Å². The molecule has 1 aromatic carbocycles. The summed E-state index contributed by atoms with van der Waals surface area (Å²) in [5.74, 6) is -0.689. The van der Waals surface area contributed by atoms with Crippen LogP contribution < -0.4 is 0 Å². The van der Waals surface area contributed by atoms with Gasteiger partial charge in [0.1, 0.15) is 23.1 Å². The number of nitrogens with zero attached hydrogens (tertiary/aromatic N) is 2. The average Bonchev–Trinajstić information content (AvgIpc) is 3.62. The Morgan fingerprint density at radius 2 is 1.94 bits per heavy atom. The molecule has 1 amide bonds. The Balaban J connectivity index is 1.28. The molecular weight excluding hydrogens is 435 g/mol. The summed E-state index contributed by atoms with van der Waals surface area (Å²) < 4.78 is 48.5. The molecule has 7 nitrogen and oxygen atoms in total. The van der Waals surface area contributed by atoms with Crippen molar-refractivity contribution in [2.75, 3.05) is 26.2 Å². The molecule has 5 rings (SSSR count). The molecule has 0 bridgehead atoms. The summed E-state index contributed by atoms with van der Waals surface area (Å²) >= 11 is 0. The average molecular weight is 463 g/mol. The monoisotopic (exact) mass is 462 g/mol. The van der Waals surface area contributed by atoms with Crippen LogP contribution in [0, 0.1) is 5.82 Å². The zero-order valence-corrected chi connectivity index (χ0v) is 18.6. The van der Waals surface area contributed by atoms with E-state index in [4.69, 9.17) is 4.74 Å². The van der Waals surface area contributed by atoms with Gasteiger partial charge < -0.3 is 14.7 Å². The van der Waals surface area contributed by atoms with Gasteiger partial charge in [0.25, 0.3) is 0 Å². The van der Waals surface area contributed by atoms with E-state index in [2.05, 4.69) is 0 Å². The molecule has 1 spiro atoms. The Morgan fingerprint density at radius 3 is 2.56 bits per heavy atom. The van der Waals surface area contributed by atoms with Gasteiger partial charge in [-0.15, -0.1) is 0 Å². The van der Waals surface area contributed by atoms with Gasteiger partial charge in [0, 0.05) is 25.0 Å². The summed E-state index contributed by atoms with van der Waals surface area (Å²) in [5.41, 5.74) is 0.150. The van der Waals surface area contributed by atoms with Crippen LogP contribution in [0.2, 0.25) is 0 Å². The molecule has 2 aliphatic carbocycles. The van der Waals surface area contributed by atoms with Crippen LogP contribution in [0.25, 0.3) is 0 Å². The molecule has 0 radical (unpaired) electrons. The fraction of sp³-hybridized carbons (Fsp3) is 0.522. The van der Waals surface area contributed by atoms with Crippen LogP contribution in [0.15, 0.2) is 47.1 Å². The number of halogens is 1. The molecule has 9 heteroatoms.